The molecule has 1 aromatic carbocycles. The van der Waals surface area contributed by atoms with Gasteiger partial charge in [-0.3, -0.25) is 14.4 Å². The van der Waals surface area contributed by atoms with Crippen LogP contribution in [-0.2, 0) is 32.0 Å². The van der Waals surface area contributed by atoms with Crippen molar-refractivity contribution in [1.29, 1.82) is 0 Å². The first-order chi connectivity index (χ1) is 19.6. The number of nitrogens with two attached hydrogens (primary N) is 1. The number of thioether (sulfide) groups is 1. The van der Waals surface area contributed by atoms with E-state index in [1.165, 1.54) is 24.3 Å². The molecule has 222 valence electrons. The number of amides is 3. The van der Waals surface area contributed by atoms with Gasteiger partial charge < -0.3 is 36.8 Å². The minimum absolute atomic E-state index is 0.0189. The molecular formula is C28H39N7O5S. The second kappa shape index (κ2) is 15.2. The van der Waals surface area contributed by atoms with Crippen molar-refractivity contribution in [3.8, 4) is 0 Å². The molecule has 3 rings (SSSR count). The Morgan fingerprint density at radius 3 is 2.32 bits per heavy atom. The number of aliphatic carboxylic acids is 1. The number of aromatic nitrogens is 3. The number of benzene rings is 1. The number of carboxylic acid groups (broad SMARTS) is 1. The van der Waals surface area contributed by atoms with E-state index >= 15 is 0 Å². The predicted molar refractivity (Wildman–Crippen MR) is 158 cm³/mol. The van der Waals surface area contributed by atoms with Crippen LogP contribution in [0.15, 0.2) is 43.0 Å². The third-order valence-corrected chi connectivity index (χ3v) is 7.28. The van der Waals surface area contributed by atoms with Crippen LogP contribution < -0.4 is 21.7 Å². The molecular weight excluding hydrogens is 546 g/mol. The average Bonchev–Trinajstić information content (AvgIpc) is 3.59. The lowest BCUT2D eigenvalue weighted by atomic mass is 10.0. The Morgan fingerprint density at radius 1 is 0.976 bits per heavy atom. The number of rotatable bonds is 16. The van der Waals surface area contributed by atoms with Crippen LogP contribution >= 0.6 is 11.8 Å². The molecule has 12 nitrogen and oxygen atoms in total. The minimum Gasteiger partial charge on any atom is -0.480 e. The van der Waals surface area contributed by atoms with E-state index < -0.39 is 47.9 Å². The number of fused-ring (bicyclic) bond motifs is 1. The molecule has 13 heteroatoms. The van der Waals surface area contributed by atoms with Crippen LogP contribution in [0, 0.1) is 5.92 Å². The van der Waals surface area contributed by atoms with Gasteiger partial charge in [0.25, 0.3) is 0 Å². The van der Waals surface area contributed by atoms with E-state index in [0.717, 1.165) is 16.5 Å². The molecule has 4 atom stereocenters. The van der Waals surface area contributed by atoms with E-state index in [9.17, 15) is 24.3 Å². The number of nitrogens with one attached hydrogen (secondary N) is 5. The molecule has 0 fully saturated rings. The van der Waals surface area contributed by atoms with Gasteiger partial charge in [-0.05, 0) is 42.4 Å². The van der Waals surface area contributed by atoms with Crippen LogP contribution in [0.5, 0.6) is 0 Å². The van der Waals surface area contributed by atoms with Crippen molar-refractivity contribution in [2.75, 3.05) is 12.0 Å². The standard InChI is InChI=1S/C28H39N7O5S/c1-16(2)10-20(29)25(36)33-22(8-9-41-3)26(37)34-23(11-17-13-31-21-7-5-4-6-19(17)21)27(38)35-24(28(39)40)12-18-14-30-15-32-18/h4-7,13-16,20,22-24,31H,8-12,29H2,1-3H3,(H,30,32)(H,33,36)(H,34,37)(H,35,38)(H,39,40). The van der Waals surface area contributed by atoms with Gasteiger partial charge in [-0.25, -0.2) is 9.78 Å². The highest BCUT2D eigenvalue weighted by Crippen LogP contribution is 2.19. The van der Waals surface area contributed by atoms with Gasteiger partial charge in [-0.15, -0.1) is 0 Å². The molecule has 0 aliphatic carbocycles. The lowest BCUT2D eigenvalue weighted by Gasteiger charge is -2.25. The maximum absolute atomic E-state index is 13.5. The fourth-order valence-corrected chi connectivity index (χ4v) is 4.96. The lowest BCUT2D eigenvalue weighted by molar-refractivity contribution is -0.142. The SMILES string of the molecule is CSCCC(NC(=O)C(N)CC(C)C)C(=O)NC(Cc1c[nH]c2ccccc12)C(=O)NC(Cc1cnc[nH]1)C(=O)O. The van der Waals surface area contributed by atoms with Crippen molar-refractivity contribution in [1.82, 2.24) is 30.9 Å². The molecule has 2 heterocycles. The van der Waals surface area contributed by atoms with Crippen LogP contribution in [0.4, 0.5) is 0 Å². The molecule has 0 saturated carbocycles. The maximum Gasteiger partial charge on any atom is 0.326 e. The molecule has 0 saturated heterocycles. The first-order valence-electron chi connectivity index (χ1n) is 13.5. The van der Waals surface area contributed by atoms with Gasteiger partial charge in [0, 0.05) is 41.8 Å². The first kappa shape index (κ1) is 31.7. The zero-order valence-electron chi connectivity index (χ0n) is 23.5. The van der Waals surface area contributed by atoms with Crippen LogP contribution in [0.2, 0.25) is 0 Å². The number of H-pyrrole nitrogens is 2. The Kier molecular flexibility index (Phi) is 11.8. The Balaban J connectivity index is 1.83. The summed E-state index contributed by atoms with van der Waals surface area (Å²) in [5, 5.41) is 18.7. The van der Waals surface area contributed by atoms with Crippen LogP contribution in [0.3, 0.4) is 0 Å². The highest BCUT2D eigenvalue weighted by Gasteiger charge is 2.31. The van der Waals surface area contributed by atoms with Crippen molar-refractivity contribution in [3.63, 3.8) is 0 Å². The Morgan fingerprint density at radius 2 is 1.66 bits per heavy atom. The molecule has 3 amide bonds. The number of carbonyl (C=O) groups is 4. The quantitative estimate of drug-likeness (QED) is 0.131. The molecule has 8 N–H and O–H groups in total. The van der Waals surface area contributed by atoms with E-state index in [4.69, 9.17) is 5.73 Å². The normalized spacial score (nSPS) is 14.3. The molecule has 0 radical (unpaired) electrons. The summed E-state index contributed by atoms with van der Waals surface area (Å²) >= 11 is 1.52. The number of para-hydroxylation sites is 1. The third-order valence-electron chi connectivity index (χ3n) is 6.63. The number of imidazole rings is 1. The van der Waals surface area contributed by atoms with Crippen LogP contribution in [0.25, 0.3) is 10.9 Å². The summed E-state index contributed by atoms with van der Waals surface area (Å²) in [7, 11) is 0. The second-order valence-electron chi connectivity index (χ2n) is 10.4. The molecule has 41 heavy (non-hydrogen) atoms. The van der Waals surface area contributed by atoms with Gasteiger partial charge in [-0.2, -0.15) is 11.8 Å². The van der Waals surface area contributed by atoms with E-state index in [0.29, 0.717) is 24.3 Å². The number of carbonyl (C=O) groups excluding carboxylic acids is 3. The second-order valence-corrected chi connectivity index (χ2v) is 11.4. The number of nitrogens with zero attached hydrogens (tertiary/aromatic N) is 1. The summed E-state index contributed by atoms with van der Waals surface area (Å²) in [4.78, 5) is 61.7. The fraction of sp³-hybridized carbons (Fsp3) is 0.464. The average molecular weight is 586 g/mol. The molecule has 2 aromatic heterocycles. The first-order valence-corrected chi connectivity index (χ1v) is 14.9. The van der Waals surface area contributed by atoms with E-state index in [1.54, 1.807) is 6.20 Å². The summed E-state index contributed by atoms with van der Waals surface area (Å²) in [5.74, 6) is -2.10. The van der Waals surface area contributed by atoms with Crippen LogP contribution in [0.1, 0.15) is 37.9 Å². The fourth-order valence-electron chi connectivity index (χ4n) is 4.49. The summed E-state index contributed by atoms with van der Waals surface area (Å²) in [6, 6.07) is 3.46. The summed E-state index contributed by atoms with van der Waals surface area (Å²) in [6.45, 7) is 3.91. The van der Waals surface area contributed by atoms with Crippen molar-refractivity contribution in [2.45, 2.75) is 63.7 Å². The van der Waals surface area contributed by atoms with Crippen molar-refractivity contribution in [3.05, 3.63) is 54.2 Å². The third kappa shape index (κ3) is 9.35. The summed E-state index contributed by atoms with van der Waals surface area (Å²) in [6.07, 6.45) is 7.41. The molecule has 0 bridgehead atoms. The predicted octanol–water partition coefficient (Wildman–Crippen LogP) is 1.34. The van der Waals surface area contributed by atoms with Gasteiger partial charge >= 0.3 is 5.97 Å². The number of hydrogen-bond donors (Lipinski definition) is 7. The molecule has 0 spiro atoms. The largest absolute Gasteiger partial charge is 0.480 e. The monoisotopic (exact) mass is 585 g/mol. The molecule has 4 unspecified atom stereocenters. The summed E-state index contributed by atoms with van der Waals surface area (Å²) in [5.41, 5.74) is 8.21. The maximum atomic E-state index is 13.5. The molecule has 0 aliphatic heterocycles. The highest BCUT2D eigenvalue weighted by molar-refractivity contribution is 7.98. The number of hydrogen-bond acceptors (Lipinski definition) is 7. The number of aromatic amines is 2. The van der Waals surface area contributed by atoms with E-state index in [2.05, 4.69) is 30.9 Å². The topological polar surface area (TPSA) is 195 Å². The van der Waals surface area contributed by atoms with E-state index in [-0.39, 0.29) is 18.8 Å². The Hall–Kier alpha value is -3.84. The minimum atomic E-state index is -1.26. The molecule has 0 aliphatic rings. The van der Waals surface area contributed by atoms with Gasteiger partial charge in [0.05, 0.1) is 12.4 Å². The Bertz CT molecular complexity index is 1310. The van der Waals surface area contributed by atoms with Gasteiger partial charge in [-0.1, -0.05) is 32.0 Å². The lowest BCUT2D eigenvalue weighted by Crippen LogP contribution is -2.58. The van der Waals surface area contributed by atoms with Gasteiger partial charge in [0.1, 0.15) is 18.1 Å². The summed E-state index contributed by atoms with van der Waals surface area (Å²) < 4.78 is 0. The van der Waals surface area contributed by atoms with E-state index in [1.807, 2.05) is 44.4 Å². The zero-order valence-corrected chi connectivity index (χ0v) is 24.3. The van der Waals surface area contributed by atoms with Crippen molar-refractivity contribution >= 4 is 46.4 Å². The smallest absolute Gasteiger partial charge is 0.326 e. The number of carboxylic acids is 1. The zero-order chi connectivity index (χ0) is 29.9. The van der Waals surface area contributed by atoms with Gasteiger partial charge in [0.2, 0.25) is 17.7 Å². The van der Waals surface area contributed by atoms with Gasteiger partial charge in [0.15, 0.2) is 0 Å². The Labute approximate surface area is 243 Å². The highest BCUT2D eigenvalue weighted by atomic mass is 32.2. The molecule has 3 aromatic rings. The van der Waals surface area contributed by atoms with Crippen molar-refractivity contribution in [2.24, 2.45) is 11.7 Å². The van der Waals surface area contributed by atoms with Crippen LogP contribution in [-0.4, -0.2) is 79.9 Å². The van der Waals surface area contributed by atoms with Crippen molar-refractivity contribution < 1.29 is 24.3 Å².